The summed E-state index contributed by atoms with van der Waals surface area (Å²) < 4.78 is 19.6. The van der Waals surface area contributed by atoms with Crippen molar-refractivity contribution < 1.29 is 13.9 Å². The average molecular weight is 450 g/mol. The molecule has 2 aromatic carbocycles. The van der Waals surface area contributed by atoms with Crippen LogP contribution in [0.4, 0.5) is 4.39 Å². The summed E-state index contributed by atoms with van der Waals surface area (Å²) in [5.74, 6) is -0.452. The zero-order valence-corrected chi connectivity index (χ0v) is 17.9. The standard InChI is InChI=1S/C21H21ClFN3O3S/c1-29-10-2-9-26-20(28)17-8-5-15(22)11-18(17)25-21(26)30-13-19(27)24-12-14-3-6-16(23)7-4-14/h3-8,11H,2,9-10,12-13H2,1H3,(H,24,27). The number of methoxy groups -OCH3 is 1. The molecule has 0 aliphatic rings. The lowest BCUT2D eigenvalue weighted by atomic mass is 10.2. The molecule has 1 amide bonds. The van der Waals surface area contributed by atoms with Crippen LogP contribution in [0, 0.1) is 5.82 Å². The highest BCUT2D eigenvalue weighted by atomic mass is 35.5. The van der Waals surface area contributed by atoms with Crippen molar-refractivity contribution in [1.29, 1.82) is 0 Å². The van der Waals surface area contributed by atoms with E-state index in [1.165, 1.54) is 23.9 Å². The van der Waals surface area contributed by atoms with Crippen molar-refractivity contribution in [3.8, 4) is 0 Å². The number of fused-ring (bicyclic) bond motifs is 1. The molecule has 158 valence electrons. The number of carbonyl (C=O) groups is 1. The monoisotopic (exact) mass is 449 g/mol. The number of carbonyl (C=O) groups excluding carboxylic acids is 1. The third-order valence-electron chi connectivity index (χ3n) is 4.35. The van der Waals surface area contributed by atoms with Crippen molar-refractivity contribution in [3.05, 3.63) is 69.2 Å². The first-order valence-corrected chi connectivity index (χ1v) is 10.7. The summed E-state index contributed by atoms with van der Waals surface area (Å²) >= 11 is 7.22. The van der Waals surface area contributed by atoms with Gasteiger partial charge in [0.05, 0.1) is 16.7 Å². The number of thioether (sulfide) groups is 1. The Morgan fingerprint density at radius 3 is 2.77 bits per heavy atom. The Bertz CT molecular complexity index is 1090. The number of amides is 1. The molecule has 0 spiro atoms. The highest BCUT2D eigenvalue weighted by Gasteiger charge is 2.14. The molecule has 0 aliphatic heterocycles. The molecule has 0 atom stereocenters. The molecule has 1 aromatic heterocycles. The lowest BCUT2D eigenvalue weighted by Gasteiger charge is -2.13. The molecule has 1 heterocycles. The molecular weight excluding hydrogens is 429 g/mol. The average Bonchev–Trinajstić information content (AvgIpc) is 2.73. The van der Waals surface area contributed by atoms with E-state index in [9.17, 15) is 14.0 Å². The third-order valence-corrected chi connectivity index (χ3v) is 5.56. The fourth-order valence-electron chi connectivity index (χ4n) is 2.83. The molecule has 0 bridgehead atoms. The maximum atomic E-state index is 13.0. The van der Waals surface area contributed by atoms with Gasteiger partial charge in [0, 0.05) is 31.8 Å². The van der Waals surface area contributed by atoms with Crippen molar-refractivity contribution in [2.45, 2.75) is 24.7 Å². The van der Waals surface area contributed by atoms with Crippen molar-refractivity contribution in [1.82, 2.24) is 14.9 Å². The largest absolute Gasteiger partial charge is 0.385 e. The Morgan fingerprint density at radius 1 is 1.27 bits per heavy atom. The number of benzene rings is 2. The molecule has 0 radical (unpaired) electrons. The zero-order chi connectivity index (χ0) is 21.5. The summed E-state index contributed by atoms with van der Waals surface area (Å²) in [4.78, 5) is 29.8. The second kappa shape index (κ2) is 10.6. The van der Waals surface area contributed by atoms with Crippen LogP contribution in [0.3, 0.4) is 0 Å². The van der Waals surface area contributed by atoms with Crippen molar-refractivity contribution in [2.75, 3.05) is 19.5 Å². The summed E-state index contributed by atoms with van der Waals surface area (Å²) in [7, 11) is 1.60. The van der Waals surface area contributed by atoms with Gasteiger partial charge in [-0.05, 0) is 42.3 Å². The molecule has 0 fully saturated rings. The minimum Gasteiger partial charge on any atom is -0.385 e. The Labute approximate surface area is 182 Å². The van der Waals surface area contributed by atoms with Crippen molar-refractivity contribution >= 4 is 40.2 Å². The van der Waals surface area contributed by atoms with Crippen LogP contribution >= 0.6 is 23.4 Å². The quantitative estimate of drug-likeness (QED) is 0.307. The number of hydrogen-bond donors (Lipinski definition) is 1. The van der Waals surface area contributed by atoms with Crippen LogP contribution in [-0.4, -0.2) is 34.9 Å². The topological polar surface area (TPSA) is 73.2 Å². The highest BCUT2D eigenvalue weighted by Crippen LogP contribution is 2.20. The molecule has 1 N–H and O–H groups in total. The van der Waals surface area contributed by atoms with Gasteiger partial charge in [0.15, 0.2) is 5.16 Å². The van der Waals surface area contributed by atoms with E-state index in [0.717, 1.165) is 5.56 Å². The van der Waals surface area contributed by atoms with E-state index < -0.39 is 0 Å². The summed E-state index contributed by atoms with van der Waals surface area (Å²) in [6.45, 7) is 1.23. The SMILES string of the molecule is COCCCn1c(SCC(=O)NCc2ccc(F)cc2)nc2cc(Cl)ccc2c1=O. The van der Waals surface area contributed by atoms with Gasteiger partial charge in [-0.15, -0.1) is 0 Å². The Hall–Kier alpha value is -2.42. The first-order chi connectivity index (χ1) is 14.5. The Kier molecular flexibility index (Phi) is 7.84. The van der Waals surface area contributed by atoms with Gasteiger partial charge < -0.3 is 10.1 Å². The minimum absolute atomic E-state index is 0.0873. The van der Waals surface area contributed by atoms with Crippen molar-refractivity contribution in [2.24, 2.45) is 0 Å². The lowest BCUT2D eigenvalue weighted by Crippen LogP contribution is -2.27. The number of nitrogens with one attached hydrogen (secondary N) is 1. The smallest absolute Gasteiger partial charge is 0.262 e. The third kappa shape index (κ3) is 5.81. The molecule has 0 aliphatic carbocycles. The molecule has 9 heteroatoms. The number of halogens is 2. The number of nitrogens with zero attached hydrogens (tertiary/aromatic N) is 2. The zero-order valence-electron chi connectivity index (χ0n) is 16.4. The van der Waals surface area contributed by atoms with E-state index in [1.54, 1.807) is 42.0 Å². The van der Waals surface area contributed by atoms with Crippen LogP contribution in [-0.2, 0) is 22.6 Å². The molecule has 3 aromatic rings. The van der Waals surface area contributed by atoms with Crippen LogP contribution in [0.1, 0.15) is 12.0 Å². The summed E-state index contributed by atoms with van der Waals surface area (Å²) in [5.41, 5.74) is 1.11. The van der Waals surface area contributed by atoms with Gasteiger partial charge in [0.1, 0.15) is 5.82 Å². The number of rotatable bonds is 9. The first kappa shape index (κ1) is 22.3. The van der Waals surface area contributed by atoms with E-state index in [0.29, 0.717) is 47.2 Å². The fraction of sp³-hybridized carbons (Fsp3) is 0.286. The van der Waals surface area contributed by atoms with E-state index in [1.807, 2.05) is 0 Å². The van der Waals surface area contributed by atoms with Gasteiger partial charge in [0.25, 0.3) is 5.56 Å². The van der Waals surface area contributed by atoms with Crippen LogP contribution < -0.4 is 10.9 Å². The molecule has 0 saturated carbocycles. The lowest BCUT2D eigenvalue weighted by molar-refractivity contribution is -0.118. The minimum atomic E-state index is -0.324. The van der Waals surface area contributed by atoms with Gasteiger partial charge in [-0.1, -0.05) is 35.5 Å². The predicted molar refractivity (Wildman–Crippen MR) is 116 cm³/mol. The van der Waals surface area contributed by atoms with Crippen LogP contribution in [0.15, 0.2) is 52.4 Å². The van der Waals surface area contributed by atoms with Gasteiger partial charge in [0.2, 0.25) is 5.91 Å². The second-order valence-corrected chi connectivity index (χ2v) is 7.93. The summed E-state index contributed by atoms with van der Waals surface area (Å²) in [6, 6.07) is 10.9. The normalized spacial score (nSPS) is 11.0. The molecular formula is C21H21ClFN3O3S. The van der Waals surface area contributed by atoms with Crippen LogP contribution in [0.5, 0.6) is 0 Å². The number of hydrogen-bond acceptors (Lipinski definition) is 5. The Balaban J connectivity index is 1.74. The van der Waals surface area contributed by atoms with Crippen molar-refractivity contribution in [3.63, 3.8) is 0 Å². The molecule has 3 rings (SSSR count). The maximum absolute atomic E-state index is 13.0. The van der Waals surface area contributed by atoms with E-state index in [4.69, 9.17) is 16.3 Å². The Morgan fingerprint density at radius 2 is 2.03 bits per heavy atom. The summed E-state index contributed by atoms with van der Waals surface area (Å²) in [5, 5.41) is 4.19. The van der Waals surface area contributed by atoms with E-state index >= 15 is 0 Å². The molecule has 0 saturated heterocycles. The van der Waals surface area contributed by atoms with Crippen LogP contribution in [0.25, 0.3) is 10.9 Å². The fourth-order valence-corrected chi connectivity index (χ4v) is 3.85. The molecule has 6 nitrogen and oxygen atoms in total. The summed E-state index contributed by atoms with van der Waals surface area (Å²) in [6.07, 6.45) is 0.640. The highest BCUT2D eigenvalue weighted by molar-refractivity contribution is 7.99. The van der Waals surface area contributed by atoms with Gasteiger partial charge in [-0.3, -0.25) is 14.2 Å². The van der Waals surface area contributed by atoms with Gasteiger partial charge >= 0.3 is 0 Å². The van der Waals surface area contributed by atoms with Gasteiger partial charge in [-0.2, -0.15) is 0 Å². The van der Waals surface area contributed by atoms with E-state index in [-0.39, 0.29) is 23.0 Å². The van der Waals surface area contributed by atoms with E-state index in [2.05, 4.69) is 10.3 Å². The predicted octanol–water partition coefficient (Wildman–Crippen LogP) is 3.63. The van der Waals surface area contributed by atoms with Crippen LogP contribution in [0.2, 0.25) is 5.02 Å². The number of aromatic nitrogens is 2. The maximum Gasteiger partial charge on any atom is 0.262 e. The van der Waals surface area contributed by atoms with Gasteiger partial charge in [-0.25, -0.2) is 9.37 Å². The molecule has 30 heavy (non-hydrogen) atoms. The second-order valence-electron chi connectivity index (χ2n) is 6.55. The first-order valence-electron chi connectivity index (χ1n) is 9.31. The number of ether oxygens (including phenoxy) is 1. The molecule has 0 unspecified atom stereocenters.